The van der Waals surface area contributed by atoms with E-state index in [1.165, 1.54) is 25.7 Å². The molecule has 1 aromatic rings. The number of aromatic nitrogens is 2. The summed E-state index contributed by atoms with van der Waals surface area (Å²) in [7, 11) is 0. The minimum absolute atomic E-state index is 0.368. The topological polar surface area (TPSA) is 74.2 Å². The number of nitrogens with two attached hydrogens (primary N) is 1. The fourth-order valence-electron chi connectivity index (χ4n) is 2.40. The van der Waals surface area contributed by atoms with Crippen LogP contribution in [-0.4, -0.2) is 23.3 Å². The molecule has 1 saturated carbocycles. The lowest BCUT2D eigenvalue weighted by atomic mass is 9.82. The third-order valence-electron chi connectivity index (χ3n) is 3.27. The lowest BCUT2D eigenvalue weighted by molar-refractivity contribution is 0.104. The number of ether oxygens (including phenoxy) is 1. The standard InChI is InChI=1S/C12H21N3O2/c1-9-3-2-4-10(7-9)12-14-11(17-15-12)8-16-6-5-13/h9-10H,2-8,13H2,1H3. The molecule has 2 rings (SSSR count). The highest BCUT2D eigenvalue weighted by molar-refractivity contribution is 4.97. The van der Waals surface area contributed by atoms with Crippen LogP contribution in [0.3, 0.4) is 0 Å². The summed E-state index contributed by atoms with van der Waals surface area (Å²) in [5.74, 6) is 2.64. The highest BCUT2D eigenvalue weighted by Gasteiger charge is 2.24. The Hall–Kier alpha value is -0.940. The van der Waals surface area contributed by atoms with E-state index in [-0.39, 0.29) is 0 Å². The van der Waals surface area contributed by atoms with E-state index in [2.05, 4.69) is 17.1 Å². The minimum Gasteiger partial charge on any atom is -0.370 e. The Bertz CT molecular complexity index is 340. The van der Waals surface area contributed by atoms with Gasteiger partial charge in [-0.1, -0.05) is 24.9 Å². The number of rotatable bonds is 5. The second-order valence-corrected chi connectivity index (χ2v) is 4.86. The van der Waals surface area contributed by atoms with Gasteiger partial charge in [0.25, 0.3) is 5.89 Å². The van der Waals surface area contributed by atoms with Crippen LogP contribution in [0.15, 0.2) is 4.52 Å². The lowest BCUT2D eigenvalue weighted by Crippen LogP contribution is -2.13. The normalized spacial score (nSPS) is 25.1. The Morgan fingerprint density at radius 2 is 2.35 bits per heavy atom. The van der Waals surface area contributed by atoms with Crippen molar-refractivity contribution in [3.05, 3.63) is 11.7 Å². The molecule has 96 valence electrons. The van der Waals surface area contributed by atoms with E-state index in [9.17, 15) is 0 Å². The van der Waals surface area contributed by atoms with Crippen LogP contribution < -0.4 is 5.73 Å². The predicted octanol–water partition coefficient (Wildman–Crippen LogP) is 1.84. The quantitative estimate of drug-likeness (QED) is 0.793. The van der Waals surface area contributed by atoms with Crippen LogP contribution in [-0.2, 0) is 11.3 Å². The van der Waals surface area contributed by atoms with E-state index < -0.39 is 0 Å². The van der Waals surface area contributed by atoms with Crippen LogP contribution in [0.4, 0.5) is 0 Å². The van der Waals surface area contributed by atoms with Crippen molar-refractivity contribution in [2.75, 3.05) is 13.2 Å². The van der Waals surface area contributed by atoms with Crippen molar-refractivity contribution in [3.63, 3.8) is 0 Å². The Balaban J connectivity index is 1.88. The summed E-state index contributed by atoms with van der Waals surface area (Å²) in [6.45, 7) is 3.70. The van der Waals surface area contributed by atoms with Gasteiger partial charge in [0.05, 0.1) is 6.61 Å². The molecular formula is C12H21N3O2. The van der Waals surface area contributed by atoms with Crippen molar-refractivity contribution in [1.82, 2.24) is 10.1 Å². The minimum atomic E-state index is 0.368. The average Bonchev–Trinajstić information content (AvgIpc) is 2.78. The molecule has 1 fully saturated rings. The zero-order valence-electron chi connectivity index (χ0n) is 10.4. The summed E-state index contributed by atoms with van der Waals surface area (Å²) < 4.78 is 10.4. The van der Waals surface area contributed by atoms with Crippen LogP contribution in [0.5, 0.6) is 0 Å². The van der Waals surface area contributed by atoms with E-state index in [0.717, 1.165) is 11.7 Å². The monoisotopic (exact) mass is 239 g/mol. The van der Waals surface area contributed by atoms with Gasteiger partial charge in [-0.3, -0.25) is 0 Å². The smallest absolute Gasteiger partial charge is 0.252 e. The summed E-state index contributed by atoms with van der Waals surface area (Å²) in [5, 5.41) is 4.06. The predicted molar refractivity (Wildman–Crippen MR) is 63.4 cm³/mol. The first-order valence-electron chi connectivity index (χ1n) is 6.40. The molecule has 1 aliphatic carbocycles. The molecule has 0 radical (unpaired) electrons. The molecular weight excluding hydrogens is 218 g/mol. The molecule has 0 bridgehead atoms. The maximum Gasteiger partial charge on any atom is 0.252 e. The average molecular weight is 239 g/mol. The van der Waals surface area contributed by atoms with Gasteiger partial charge < -0.3 is 15.0 Å². The van der Waals surface area contributed by atoms with Crippen LogP contribution >= 0.6 is 0 Å². The van der Waals surface area contributed by atoms with Gasteiger partial charge in [-0.2, -0.15) is 4.98 Å². The molecule has 0 saturated heterocycles. The van der Waals surface area contributed by atoms with Gasteiger partial charge >= 0.3 is 0 Å². The van der Waals surface area contributed by atoms with E-state index >= 15 is 0 Å². The Kier molecular flexibility index (Phi) is 4.50. The maximum absolute atomic E-state index is 5.34. The van der Waals surface area contributed by atoms with Gasteiger partial charge in [-0.05, 0) is 18.8 Å². The highest BCUT2D eigenvalue weighted by Crippen LogP contribution is 2.34. The molecule has 1 aromatic heterocycles. The van der Waals surface area contributed by atoms with Gasteiger partial charge in [0.1, 0.15) is 6.61 Å². The molecule has 17 heavy (non-hydrogen) atoms. The van der Waals surface area contributed by atoms with Crippen molar-refractivity contribution >= 4 is 0 Å². The summed E-state index contributed by atoms with van der Waals surface area (Å²) in [6, 6.07) is 0. The first-order valence-corrected chi connectivity index (χ1v) is 6.40. The summed E-state index contributed by atoms with van der Waals surface area (Å²) in [6.07, 6.45) is 4.93. The third-order valence-corrected chi connectivity index (χ3v) is 3.27. The highest BCUT2D eigenvalue weighted by atomic mass is 16.5. The molecule has 0 aliphatic heterocycles. The fourth-order valence-corrected chi connectivity index (χ4v) is 2.40. The Morgan fingerprint density at radius 3 is 3.12 bits per heavy atom. The van der Waals surface area contributed by atoms with Gasteiger partial charge in [-0.15, -0.1) is 0 Å². The molecule has 0 spiro atoms. The van der Waals surface area contributed by atoms with Gasteiger partial charge in [0.15, 0.2) is 5.82 Å². The van der Waals surface area contributed by atoms with Crippen molar-refractivity contribution < 1.29 is 9.26 Å². The van der Waals surface area contributed by atoms with Crippen LogP contribution in [0.25, 0.3) is 0 Å². The molecule has 2 atom stereocenters. The van der Waals surface area contributed by atoms with Crippen molar-refractivity contribution in [2.24, 2.45) is 11.7 Å². The second kappa shape index (κ2) is 6.12. The van der Waals surface area contributed by atoms with Crippen LogP contribution in [0, 0.1) is 5.92 Å². The molecule has 2 N–H and O–H groups in total. The van der Waals surface area contributed by atoms with E-state index in [4.69, 9.17) is 15.0 Å². The summed E-state index contributed by atoms with van der Waals surface area (Å²) in [4.78, 5) is 4.40. The van der Waals surface area contributed by atoms with Gasteiger partial charge in [0, 0.05) is 12.5 Å². The molecule has 1 heterocycles. The Morgan fingerprint density at radius 1 is 1.47 bits per heavy atom. The van der Waals surface area contributed by atoms with Crippen molar-refractivity contribution in [2.45, 2.75) is 45.1 Å². The number of hydrogen-bond donors (Lipinski definition) is 1. The molecule has 2 unspecified atom stereocenters. The number of hydrogen-bond acceptors (Lipinski definition) is 5. The van der Waals surface area contributed by atoms with E-state index in [1.807, 2.05) is 0 Å². The maximum atomic E-state index is 5.34. The second-order valence-electron chi connectivity index (χ2n) is 4.86. The van der Waals surface area contributed by atoms with Crippen LogP contribution in [0.2, 0.25) is 0 Å². The largest absolute Gasteiger partial charge is 0.370 e. The van der Waals surface area contributed by atoms with Crippen molar-refractivity contribution in [3.8, 4) is 0 Å². The zero-order valence-corrected chi connectivity index (χ0v) is 10.4. The van der Waals surface area contributed by atoms with Gasteiger partial charge in [-0.25, -0.2) is 0 Å². The molecule has 5 nitrogen and oxygen atoms in total. The van der Waals surface area contributed by atoms with Crippen LogP contribution in [0.1, 0.15) is 50.2 Å². The number of nitrogens with zero attached hydrogens (tertiary/aromatic N) is 2. The molecule has 1 aliphatic rings. The zero-order chi connectivity index (χ0) is 12.1. The van der Waals surface area contributed by atoms with E-state index in [1.54, 1.807) is 0 Å². The molecule has 0 aromatic carbocycles. The van der Waals surface area contributed by atoms with E-state index in [0.29, 0.717) is 31.6 Å². The first-order chi connectivity index (χ1) is 8.29. The summed E-state index contributed by atoms with van der Waals surface area (Å²) in [5.41, 5.74) is 5.34. The Labute approximate surface area is 102 Å². The first kappa shape index (κ1) is 12.5. The fraction of sp³-hybridized carbons (Fsp3) is 0.833. The molecule has 5 heteroatoms. The summed E-state index contributed by atoms with van der Waals surface area (Å²) >= 11 is 0. The molecule has 0 amide bonds. The van der Waals surface area contributed by atoms with Crippen molar-refractivity contribution in [1.29, 1.82) is 0 Å². The SMILES string of the molecule is CC1CCCC(c2noc(COCCN)n2)C1. The third kappa shape index (κ3) is 3.51. The van der Waals surface area contributed by atoms with Gasteiger partial charge in [0.2, 0.25) is 0 Å². The lowest BCUT2D eigenvalue weighted by Gasteiger charge is -2.23.